The van der Waals surface area contributed by atoms with E-state index in [2.05, 4.69) is 55.8 Å². The first kappa shape index (κ1) is 22.0. The van der Waals surface area contributed by atoms with Crippen LogP contribution in [0.25, 0.3) is 10.2 Å². The molecule has 0 spiro atoms. The van der Waals surface area contributed by atoms with Crippen LogP contribution in [0.3, 0.4) is 0 Å². The van der Waals surface area contributed by atoms with Crippen LogP contribution >= 0.6 is 11.3 Å². The third-order valence-electron chi connectivity index (χ3n) is 5.98. The molecule has 1 fully saturated rings. The third kappa shape index (κ3) is 5.06. The van der Waals surface area contributed by atoms with E-state index in [-0.39, 0.29) is 11.9 Å². The molecule has 2 aromatic heterocycles. The van der Waals surface area contributed by atoms with Gasteiger partial charge in [0.2, 0.25) is 0 Å². The molecule has 0 unspecified atom stereocenters. The Morgan fingerprint density at radius 1 is 1.09 bits per heavy atom. The summed E-state index contributed by atoms with van der Waals surface area (Å²) >= 11 is 1.36. The maximum absolute atomic E-state index is 13.0. The summed E-state index contributed by atoms with van der Waals surface area (Å²) in [7, 11) is 0. The lowest BCUT2D eigenvalue weighted by Gasteiger charge is -2.32. The van der Waals surface area contributed by atoms with Gasteiger partial charge in [-0.05, 0) is 42.7 Å². The molecule has 0 aliphatic carbocycles. The Morgan fingerprint density at radius 2 is 1.91 bits per heavy atom. The summed E-state index contributed by atoms with van der Waals surface area (Å²) in [4.78, 5) is 25.5. The molecule has 4 aromatic rings. The van der Waals surface area contributed by atoms with Crippen LogP contribution in [0.15, 0.2) is 67.0 Å². The van der Waals surface area contributed by atoms with E-state index in [0.717, 1.165) is 48.4 Å². The van der Waals surface area contributed by atoms with E-state index >= 15 is 0 Å². The number of aromatic nitrogens is 2. The third-order valence-corrected chi connectivity index (χ3v) is 7.02. The molecule has 34 heavy (non-hydrogen) atoms. The van der Waals surface area contributed by atoms with Gasteiger partial charge in [-0.2, -0.15) is 5.26 Å². The molecule has 0 saturated carbocycles. The lowest BCUT2D eigenvalue weighted by molar-refractivity contribution is 0.0913. The molecule has 2 aromatic carbocycles. The number of nitrogens with one attached hydrogen (secondary N) is 2. The summed E-state index contributed by atoms with van der Waals surface area (Å²) in [5.74, 6) is 0.548. The molecule has 3 heterocycles. The summed E-state index contributed by atoms with van der Waals surface area (Å²) in [6.45, 7) is 2.88. The largest absolute Gasteiger partial charge is 0.349 e. The van der Waals surface area contributed by atoms with Crippen molar-refractivity contribution in [2.45, 2.75) is 25.4 Å². The van der Waals surface area contributed by atoms with E-state index in [9.17, 15) is 4.79 Å². The van der Waals surface area contributed by atoms with E-state index < -0.39 is 0 Å². The van der Waals surface area contributed by atoms with Gasteiger partial charge in [0.15, 0.2) is 0 Å². The topological polar surface area (TPSA) is 93.9 Å². The number of hydrogen-bond acceptors (Lipinski definition) is 7. The fraction of sp³-hybridized carbons (Fsp3) is 0.231. The monoisotopic (exact) mass is 468 g/mol. The molecule has 5 rings (SSSR count). The summed E-state index contributed by atoms with van der Waals surface area (Å²) < 4.78 is 0. The van der Waals surface area contributed by atoms with Crippen LogP contribution < -0.4 is 10.6 Å². The van der Waals surface area contributed by atoms with Gasteiger partial charge >= 0.3 is 0 Å². The van der Waals surface area contributed by atoms with E-state index in [4.69, 9.17) is 5.26 Å². The van der Waals surface area contributed by atoms with E-state index in [1.807, 2.05) is 24.3 Å². The highest BCUT2D eigenvalue weighted by Crippen LogP contribution is 2.30. The molecular formula is C26H24N6OS. The summed E-state index contributed by atoms with van der Waals surface area (Å²) in [6.07, 6.45) is 3.36. The second-order valence-electron chi connectivity index (χ2n) is 8.38. The Labute approximate surface area is 202 Å². The number of carbonyl (C=O) groups excluding carboxylic acids is 1. The number of hydrogen-bond donors (Lipinski definition) is 2. The smallest absolute Gasteiger partial charge is 0.261 e. The number of nitrogens with zero attached hydrogens (tertiary/aromatic N) is 4. The molecule has 8 heteroatoms. The molecule has 0 radical (unpaired) electrons. The van der Waals surface area contributed by atoms with Crippen molar-refractivity contribution in [3.63, 3.8) is 0 Å². The molecule has 1 amide bonds. The van der Waals surface area contributed by atoms with Crippen molar-refractivity contribution in [3.05, 3.63) is 83.0 Å². The highest BCUT2D eigenvalue weighted by Gasteiger charge is 2.22. The quantitative estimate of drug-likeness (QED) is 0.426. The molecule has 170 valence electrons. The summed E-state index contributed by atoms with van der Waals surface area (Å²) in [6, 6.07) is 21.8. The molecule has 0 bridgehead atoms. The van der Waals surface area contributed by atoms with Gasteiger partial charge in [-0.25, -0.2) is 9.97 Å². The maximum Gasteiger partial charge on any atom is 0.261 e. The van der Waals surface area contributed by atoms with Crippen molar-refractivity contribution >= 4 is 39.0 Å². The minimum Gasteiger partial charge on any atom is -0.349 e. The molecule has 1 aliphatic heterocycles. The van der Waals surface area contributed by atoms with E-state index in [1.165, 1.54) is 23.2 Å². The number of rotatable bonds is 6. The Kier molecular flexibility index (Phi) is 6.47. The van der Waals surface area contributed by atoms with Crippen molar-refractivity contribution in [2.24, 2.45) is 0 Å². The minimum atomic E-state index is -0.0677. The van der Waals surface area contributed by atoms with Crippen molar-refractivity contribution in [2.75, 3.05) is 18.4 Å². The second-order valence-corrected chi connectivity index (χ2v) is 9.41. The van der Waals surface area contributed by atoms with Gasteiger partial charge in [0.25, 0.3) is 5.91 Å². The number of piperidine rings is 1. The molecular weight excluding hydrogens is 444 g/mol. The molecule has 7 nitrogen and oxygen atoms in total. The van der Waals surface area contributed by atoms with Crippen molar-refractivity contribution in [1.29, 1.82) is 5.26 Å². The normalized spacial score (nSPS) is 14.6. The van der Waals surface area contributed by atoms with Crippen LogP contribution in [0.2, 0.25) is 0 Å². The van der Waals surface area contributed by atoms with Crippen LogP contribution in [0.5, 0.6) is 0 Å². The number of thiophene rings is 1. The number of anilines is 2. The number of fused-ring (bicyclic) bond motifs is 1. The fourth-order valence-electron chi connectivity index (χ4n) is 4.20. The van der Waals surface area contributed by atoms with Gasteiger partial charge in [-0.15, -0.1) is 11.3 Å². The molecule has 1 aliphatic rings. The predicted molar refractivity (Wildman–Crippen MR) is 134 cm³/mol. The standard InChI is InChI=1S/C26H24N6OS/c27-15-19-7-4-8-21(13-19)30-24-22-14-23(34-26(22)29-17-28-24)25(33)31-20-9-11-32(12-10-20)16-18-5-2-1-3-6-18/h1-8,13-14,17,20H,9-12,16H2,(H,31,33)(H,28,29,30). The number of benzene rings is 2. The minimum absolute atomic E-state index is 0.0677. The zero-order chi connectivity index (χ0) is 23.3. The average Bonchev–Trinajstić information content (AvgIpc) is 3.32. The van der Waals surface area contributed by atoms with Gasteiger partial charge in [0.05, 0.1) is 21.9 Å². The number of carbonyl (C=O) groups is 1. The average molecular weight is 469 g/mol. The Bertz CT molecular complexity index is 1340. The highest BCUT2D eigenvalue weighted by atomic mass is 32.1. The number of likely N-dealkylation sites (tertiary alicyclic amines) is 1. The number of amides is 1. The lowest BCUT2D eigenvalue weighted by Crippen LogP contribution is -2.44. The van der Waals surface area contributed by atoms with Gasteiger partial charge < -0.3 is 10.6 Å². The van der Waals surface area contributed by atoms with Crippen molar-refractivity contribution in [3.8, 4) is 6.07 Å². The predicted octanol–water partition coefficient (Wildman–Crippen LogP) is 4.70. The fourth-order valence-corrected chi connectivity index (χ4v) is 5.11. The van der Waals surface area contributed by atoms with Crippen LogP contribution in [-0.2, 0) is 6.54 Å². The Hall–Kier alpha value is -3.80. The Balaban J connectivity index is 1.23. The van der Waals surface area contributed by atoms with Gasteiger partial charge in [0, 0.05) is 31.4 Å². The van der Waals surface area contributed by atoms with Crippen molar-refractivity contribution < 1.29 is 4.79 Å². The lowest BCUT2D eigenvalue weighted by atomic mass is 10.0. The second kappa shape index (κ2) is 10.00. The first-order valence-corrected chi connectivity index (χ1v) is 12.1. The van der Waals surface area contributed by atoms with Gasteiger partial charge in [-0.1, -0.05) is 36.4 Å². The van der Waals surface area contributed by atoms with E-state index in [0.29, 0.717) is 16.3 Å². The van der Waals surface area contributed by atoms with E-state index in [1.54, 1.807) is 12.1 Å². The maximum atomic E-state index is 13.0. The Morgan fingerprint density at radius 3 is 2.71 bits per heavy atom. The zero-order valence-corrected chi connectivity index (χ0v) is 19.4. The van der Waals surface area contributed by atoms with Gasteiger partial charge in [0.1, 0.15) is 17.0 Å². The highest BCUT2D eigenvalue weighted by molar-refractivity contribution is 7.20. The zero-order valence-electron chi connectivity index (χ0n) is 18.6. The van der Waals surface area contributed by atoms with Crippen LogP contribution in [0.1, 0.15) is 33.6 Å². The molecule has 1 saturated heterocycles. The van der Waals surface area contributed by atoms with Gasteiger partial charge in [-0.3, -0.25) is 9.69 Å². The van der Waals surface area contributed by atoms with Crippen LogP contribution in [0, 0.1) is 11.3 Å². The molecule has 2 N–H and O–H groups in total. The summed E-state index contributed by atoms with van der Waals surface area (Å²) in [5, 5.41) is 16.4. The van der Waals surface area contributed by atoms with Crippen LogP contribution in [0.4, 0.5) is 11.5 Å². The summed E-state index contributed by atoms with van der Waals surface area (Å²) in [5.41, 5.74) is 2.65. The van der Waals surface area contributed by atoms with Crippen LogP contribution in [-0.4, -0.2) is 39.9 Å². The first-order chi connectivity index (χ1) is 16.7. The first-order valence-electron chi connectivity index (χ1n) is 11.3. The number of nitriles is 1. The SMILES string of the molecule is N#Cc1cccc(Nc2ncnc3sc(C(=O)NC4CCN(Cc5ccccc5)CC4)cc23)c1. The van der Waals surface area contributed by atoms with Crippen molar-refractivity contribution in [1.82, 2.24) is 20.2 Å². The molecule has 0 atom stereocenters.